The zero-order valence-corrected chi connectivity index (χ0v) is 10.1. The van der Waals surface area contributed by atoms with Gasteiger partial charge < -0.3 is 14.6 Å². The molecule has 1 aromatic carbocycles. The van der Waals surface area contributed by atoms with Crippen LogP contribution in [0.2, 0.25) is 0 Å². The van der Waals surface area contributed by atoms with Gasteiger partial charge in [0.25, 0.3) is 10.1 Å². The maximum absolute atomic E-state index is 10.5. The summed E-state index contributed by atoms with van der Waals surface area (Å²) in [5, 5.41) is 9.30. The fourth-order valence-corrected chi connectivity index (χ4v) is 1.80. The number of para-hydroxylation sites is 2. The lowest BCUT2D eigenvalue weighted by molar-refractivity contribution is 0.121. The molecule has 0 spiro atoms. The molecule has 0 fully saturated rings. The molecule has 17 heavy (non-hydrogen) atoms. The Bertz CT molecular complexity index is 456. The summed E-state index contributed by atoms with van der Waals surface area (Å²) < 4.78 is 39.7. The minimum absolute atomic E-state index is 0.250. The molecule has 0 aliphatic rings. The summed E-state index contributed by atoms with van der Waals surface area (Å²) in [6, 6.07) is 6.76. The standard InChI is InChI=1S/C10H14O6S/c1-15-9-4-2-3-5-10(9)16-6-8(11)7-17(12,13)14/h2-5,8,11H,6-7H2,1H3,(H,12,13,14)/t8-/m0/s1. The molecule has 0 bridgehead atoms. The third kappa shape index (κ3) is 5.03. The summed E-state index contributed by atoms with van der Waals surface area (Å²) >= 11 is 0. The van der Waals surface area contributed by atoms with Gasteiger partial charge in [-0.2, -0.15) is 8.42 Å². The van der Waals surface area contributed by atoms with Crippen LogP contribution in [0.5, 0.6) is 11.5 Å². The van der Waals surface area contributed by atoms with Gasteiger partial charge in [0.2, 0.25) is 0 Å². The van der Waals surface area contributed by atoms with Crippen LogP contribution in [0.1, 0.15) is 0 Å². The van der Waals surface area contributed by atoms with Gasteiger partial charge in [-0.05, 0) is 12.1 Å². The molecule has 7 heteroatoms. The minimum atomic E-state index is -4.20. The van der Waals surface area contributed by atoms with E-state index >= 15 is 0 Å². The van der Waals surface area contributed by atoms with Crippen LogP contribution in [0.4, 0.5) is 0 Å². The van der Waals surface area contributed by atoms with Crippen molar-refractivity contribution in [3.8, 4) is 11.5 Å². The fourth-order valence-electron chi connectivity index (χ4n) is 1.22. The molecule has 0 amide bonds. The predicted molar refractivity (Wildman–Crippen MR) is 60.9 cm³/mol. The maximum Gasteiger partial charge on any atom is 0.267 e. The van der Waals surface area contributed by atoms with Crippen molar-refractivity contribution in [1.82, 2.24) is 0 Å². The van der Waals surface area contributed by atoms with E-state index in [2.05, 4.69) is 0 Å². The largest absolute Gasteiger partial charge is 0.493 e. The van der Waals surface area contributed by atoms with Crippen molar-refractivity contribution in [3.63, 3.8) is 0 Å². The molecule has 96 valence electrons. The van der Waals surface area contributed by atoms with E-state index in [9.17, 15) is 13.5 Å². The van der Waals surface area contributed by atoms with Crippen molar-refractivity contribution >= 4 is 10.1 Å². The summed E-state index contributed by atoms with van der Waals surface area (Å²) in [6.45, 7) is -0.250. The topological polar surface area (TPSA) is 93.1 Å². The van der Waals surface area contributed by atoms with Crippen LogP contribution in [0.25, 0.3) is 0 Å². The van der Waals surface area contributed by atoms with E-state index in [1.165, 1.54) is 7.11 Å². The van der Waals surface area contributed by atoms with E-state index in [1.54, 1.807) is 24.3 Å². The highest BCUT2D eigenvalue weighted by Crippen LogP contribution is 2.25. The SMILES string of the molecule is COc1ccccc1OC[C@H](O)CS(=O)(=O)O. The molecule has 0 unspecified atom stereocenters. The van der Waals surface area contributed by atoms with Crippen molar-refractivity contribution in [2.75, 3.05) is 19.5 Å². The van der Waals surface area contributed by atoms with E-state index in [0.29, 0.717) is 11.5 Å². The number of methoxy groups -OCH3 is 1. The molecule has 1 rings (SSSR count). The minimum Gasteiger partial charge on any atom is -0.493 e. The highest BCUT2D eigenvalue weighted by molar-refractivity contribution is 7.85. The third-order valence-electron chi connectivity index (χ3n) is 1.90. The van der Waals surface area contributed by atoms with Gasteiger partial charge in [-0.3, -0.25) is 4.55 Å². The average molecular weight is 262 g/mol. The Morgan fingerprint density at radius 3 is 2.41 bits per heavy atom. The van der Waals surface area contributed by atoms with Gasteiger partial charge in [0.05, 0.1) is 7.11 Å². The van der Waals surface area contributed by atoms with Crippen LogP contribution in [0, 0.1) is 0 Å². The Kier molecular flexibility index (Phi) is 4.73. The number of rotatable bonds is 6. The molecule has 0 aromatic heterocycles. The van der Waals surface area contributed by atoms with Gasteiger partial charge in [0, 0.05) is 0 Å². The van der Waals surface area contributed by atoms with Crippen molar-refractivity contribution in [2.24, 2.45) is 0 Å². The number of hydrogen-bond acceptors (Lipinski definition) is 5. The van der Waals surface area contributed by atoms with E-state index in [0.717, 1.165) is 0 Å². The molecule has 1 atom stereocenters. The summed E-state index contributed by atoms with van der Waals surface area (Å²) in [6.07, 6.45) is -1.30. The van der Waals surface area contributed by atoms with Gasteiger partial charge in [-0.1, -0.05) is 12.1 Å². The number of benzene rings is 1. The monoisotopic (exact) mass is 262 g/mol. The van der Waals surface area contributed by atoms with Crippen molar-refractivity contribution < 1.29 is 27.6 Å². The molecule has 0 heterocycles. The lowest BCUT2D eigenvalue weighted by atomic mass is 10.3. The molecular formula is C10H14O6S. The van der Waals surface area contributed by atoms with Crippen LogP contribution < -0.4 is 9.47 Å². The van der Waals surface area contributed by atoms with Crippen LogP contribution >= 0.6 is 0 Å². The molecule has 0 aliphatic heterocycles. The van der Waals surface area contributed by atoms with Crippen LogP contribution in [-0.4, -0.2) is 43.7 Å². The molecule has 0 saturated carbocycles. The van der Waals surface area contributed by atoms with Gasteiger partial charge in [-0.15, -0.1) is 0 Å². The Morgan fingerprint density at radius 2 is 1.88 bits per heavy atom. The van der Waals surface area contributed by atoms with Gasteiger partial charge in [-0.25, -0.2) is 0 Å². The molecule has 0 radical (unpaired) electrons. The zero-order chi connectivity index (χ0) is 12.9. The molecule has 6 nitrogen and oxygen atoms in total. The summed E-state index contributed by atoms with van der Waals surface area (Å²) in [4.78, 5) is 0. The first-order chi connectivity index (χ1) is 7.92. The molecular weight excluding hydrogens is 248 g/mol. The van der Waals surface area contributed by atoms with Crippen molar-refractivity contribution in [3.05, 3.63) is 24.3 Å². The van der Waals surface area contributed by atoms with Crippen LogP contribution in [-0.2, 0) is 10.1 Å². The second kappa shape index (κ2) is 5.85. The smallest absolute Gasteiger partial charge is 0.267 e. The van der Waals surface area contributed by atoms with E-state index in [-0.39, 0.29) is 6.61 Å². The first-order valence-electron chi connectivity index (χ1n) is 4.81. The van der Waals surface area contributed by atoms with E-state index < -0.39 is 22.0 Å². The number of ether oxygens (including phenoxy) is 2. The Labute approximate surface area is 99.5 Å². The fraction of sp³-hybridized carbons (Fsp3) is 0.400. The second-order valence-corrected chi connectivity index (χ2v) is 4.86. The Morgan fingerprint density at radius 1 is 1.29 bits per heavy atom. The molecule has 1 aromatic rings. The lowest BCUT2D eigenvalue weighted by Crippen LogP contribution is -2.26. The summed E-state index contributed by atoms with van der Waals surface area (Å²) in [5.41, 5.74) is 0. The van der Waals surface area contributed by atoms with Crippen LogP contribution in [0.3, 0.4) is 0 Å². The Balaban J connectivity index is 2.55. The second-order valence-electron chi connectivity index (χ2n) is 3.36. The van der Waals surface area contributed by atoms with Gasteiger partial charge in [0.1, 0.15) is 18.5 Å². The summed E-state index contributed by atoms with van der Waals surface area (Å²) in [7, 11) is -2.74. The molecule has 0 saturated heterocycles. The van der Waals surface area contributed by atoms with Crippen molar-refractivity contribution in [1.29, 1.82) is 0 Å². The summed E-state index contributed by atoms with van der Waals surface area (Å²) in [5.74, 6) is 0.109. The molecule has 2 N–H and O–H groups in total. The lowest BCUT2D eigenvalue weighted by Gasteiger charge is -2.13. The van der Waals surface area contributed by atoms with E-state index in [1.807, 2.05) is 0 Å². The third-order valence-corrected chi connectivity index (χ3v) is 2.71. The quantitative estimate of drug-likeness (QED) is 0.717. The first kappa shape index (κ1) is 13.8. The zero-order valence-electron chi connectivity index (χ0n) is 9.24. The highest BCUT2D eigenvalue weighted by atomic mass is 32.2. The van der Waals surface area contributed by atoms with Crippen molar-refractivity contribution in [2.45, 2.75) is 6.10 Å². The normalized spacial score (nSPS) is 13.1. The Hall–Kier alpha value is -1.31. The van der Waals surface area contributed by atoms with Gasteiger partial charge in [0.15, 0.2) is 11.5 Å². The number of aliphatic hydroxyl groups is 1. The average Bonchev–Trinajstić information content (AvgIpc) is 2.24. The van der Waals surface area contributed by atoms with Crippen LogP contribution in [0.15, 0.2) is 24.3 Å². The van der Waals surface area contributed by atoms with Gasteiger partial charge >= 0.3 is 0 Å². The maximum atomic E-state index is 10.5. The first-order valence-corrected chi connectivity index (χ1v) is 6.42. The highest BCUT2D eigenvalue weighted by Gasteiger charge is 2.15. The number of hydrogen-bond donors (Lipinski definition) is 2. The predicted octanol–water partition coefficient (Wildman–Crippen LogP) is 0.323. The molecule has 0 aliphatic carbocycles. The number of aliphatic hydroxyl groups excluding tert-OH is 1. The van der Waals surface area contributed by atoms with E-state index in [4.69, 9.17) is 14.0 Å².